The van der Waals surface area contributed by atoms with E-state index in [9.17, 15) is 9.90 Å². The molecule has 0 unspecified atom stereocenters. The van der Waals surface area contributed by atoms with Crippen molar-refractivity contribution in [2.45, 2.75) is 25.8 Å². The highest BCUT2D eigenvalue weighted by molar-refractivity contribution is 5.75. The van der Waals surface area contributed by atoms with Crippen LogP contribution in [0.15, 0.2) is 4.79 Å². The maximum atomic E-state index is 12.1. The summed E-state index contributed by atoms with van der Waals surface area (Å²) in [6.45, 7) is 1.86. The Morgan fingerprint density at radius 2 is 2.36 bits per heavy atom. The summed E-state index contributed by atoms with van der Waals surface area (Å²) in [6.07, 6.45) is -1.54. The van der Waals surface area contributed by atoms with Gasteiger partial charge in [0.25, 0.3) is 5.56 Å². The highest BCUT2D eigenvalue weighted by Crippen LogP contribution is 2.35. The van der Waals surface area contributed by atoms with E-state index < -0.39 is 18.0 Å². The van der Waals surface area contributed by atoms with E-state index in [1.54, 1.807) is 17.4 Å². The first kappa shape index (κ1) is 14.6. The van der Waals surface area contributed by atoms with E-state index in [-0.39, 0.29) is 24.7 Å². The van der Waals surface area contributed by atoms with Crippen molar-refractivity contribution in [2.24, 2.45) is 0 Å². The Kier molecular flexibility index (Phi) is 3.61. The molecule has 0 amide bonds. The van der Waals surface area contributed by atoms with Crippen LogP contribution in [0.2, 0.25) is 0 Å². The molecule has 0 saturated carbocycles. The second-order valence-corrected chi connectivity index (χ2v) is 4.73. The Hall–Kier alpha value is -2.36. The Balaban J connectivity index is 1.99. The predicted molar refractivity (Wildman–Crippen MR) is 74.8 cm³/mol. The molecule has 118 valence electrons. The summed E-state index contributed by atoms with van der Waals surface area (Å²) in [7, 11) is 0. The topological polar surface area (TPSA) is 143 Å². The molecule has 2 aliphatic rings. The molecule has 2 atom stereocenters. The number of aromatic amines is 1. The van der Waals surface area contributed by atoms with E-state index in [0.29, 0.717) is 5.82 Å². The van der Waals surface area contributed by atoms with Gasteiger partial charge in [-0.05, 0) is 6.92 Å². The number of nitrogens with zero attached hydrogens (tertiary/aromatic N) is 4. The summed E-state index contributed by atoms with van der Waals surface area (Å²) >= 11 is 0. The molecule has 3 heterocycles. The quantitative estimate of drug-likeness (QED) is 0.310. The van der Waals surface area contributed by atoms with Crippen LogP contribution >= 0.6 is 0 Å². The van der Waals surface area contributed by atoms with E-state index >= 15 is 0 Å². The molecule has 6 N–H and O–H groups in total. The average molecular weight is 309 g/mol. The molecule has 11 nitrogen and oxygen atoms in total. The SMILES string of the molecule is CC#CN1CN([C@H]2C[C@H](O)N(NO)O2)c2nc(N)[nH]c(=O)c21. The summed E-state index contributed by atoms with van der Waals surface area (Å²) in [5.74, 6) is 2.99. The summed E-state index contributed by atoms with van der Waals surface area (Å²) in [5.41, 5.74) is 7.17. The third kappa shape index (κ3) is 2.25. The van der Waals surface area contributed by atoms with Crippen molar-refractivity contribution in [1.82, 2.24) is 20.7 Å². The monoisotopic (exact) mass is 309 g/mol. The zero-order chi connectivity index (χ0) is 15.9. The van der Waals surface area contributed by atoms with Gasteiger partial charge in [0.1, 0.15) is 6.67 Å². The minimum atomic E-state index is -1.05. The van der Waals surface area contributed by atoms with Crippen molar-refractivity contribution < 1.29 is 15.2 Å². The highest BCUT2D eigenvalue weighted by Gasteiger charge is 2.42. The Labute approximate surface area is 124 Å². The Morgan fingerprint density at radius 1 is 1.59 bits per heavy atom. The maximum absolute atomic E-state index is 12.1. The molecular weight excluding hydrogens is 294 g/mol. The van der Waals surface area contributed by atoms with Crippen molar-refractivity contribution in [3.05, 3.63) is 10.4 Å². The van der Waals surface area contributed by atoms with Gasteiger partial charge in [-0.15, -0.1) is 5.59 Å². The van der Waals surface area contributed by atoms with Crippen molar-refractivity contribution in [1.29, 1.82) is 0 Å². The molecule has 11 heteroatoms. The lowest BCUT2D eigenvalue weighted by Crippen LogP contribution is -2.41. The molecule has 0 bridgehead atoms. The van der Waals surface area contributed by atoms with E-state index in [0.717, 1.165) is 5.17 Å². The molecule has 1 aromatic rings. The van der Waals surface area contributed by atoms with E-state index in [1.165, 1.54) is 4.90 Å². The first-order valence-electron chi connectivity index (χ1n) is 6.45. The molecule has 3 rings (SSSR count). The van der Waals surface area contributed by atoms with Crippen LogP contribution in [-0.4, -0.2) is 44.6 Å². The average Bonchev–Trinajstić information content (AvgIpc) is 3.00. The van der Waals surface area contributed by atoms with Gasteiger partial charge < -0.3 is 15.7 Å². The van der Waals surface area contributed by atoms with E-state index in [2.05, 4.69) is 21.9 Å². The van der Waals surface area contributed by atoms with Crippen molar-refractivity contribution in [2.75, 3.05) is 22.2 Å². The third-order valence-corrected chi connectivity index (χ3v) is 3.34. The number of anilines is 3. The smallest absolute Gasteiger partial charge is 0.279 e. The Bertz CT molecular complexity index is 696. The second-order valence-electron chi connectivity index (χ2n) is 4.73. The van der Waals surface area contributed by atoms with Crippen LogP contribution in [0.5, 0.6) is 0 Å². The van der Waals surface area contributed by atoms with Gasteiger partial charge in [0.15, 0.2) is 24.0 Å². The summed E-state index contributed by atoms with van der Waals surface area (Å²) in [4.78, 5) is 27.1. The van der Waals surface area contributed by atoms with Crippen molar-refractivity contribution in [3.8, 4) is 12.0 Å². The first-order valence-corrected chi connectivity index (χ1v) is 6.45. The van der Waals surface area contributed by atoms with Gasteiger partial charge in [-0.3, -0.25) is 24.7 Å². The first-order chi connectivity index (χ1) is 10.5. The minimum absolute atomic E-state index is 0.0317. The number of nitrogens with two attached hydrogens (primary N) is 1. The number of hydrogen-bond acceptors (Lipinski definition) is 10. The number of H-pyrrole nitrogens is 1. The zero-order valence-corrected chi connectivity index (χ0v) is 11.6. The third-order valence-electron chi connectivity index (χ3n) is 3.34. The number of aromatic nitrogens is 2. The van der Waals surface area contributed by atoms with Gasteiger partial charge in [0.05, 0.1) is 0 Å². The van der Waals surface area contributed by atoms with Crippen LogP contribution < -0.4 is 26.7 Å². The molecule has 0 spiro atoms. The zero-order valence-electron chi connectivity index (χ0n) is 11.6. The predicted octanol–water partition coefficient (Wildman–Crippen LogP) is -1.91. The summed E-state index contributed by atoms with van der Waals surface area (Å²) in [6, 6.07) is 2.79. The molecule has 1 saturated heterocycles. The molecule has 0 radical (unpaired) electrons. The molecule has 22 heavy (non-hydrogen) atoms. The molecule has 0 aliphatic carbocycles. The largest absolute Gasteiger partial charge is 0.374 e. The number of hydrazine groups is 1. The lowest BCUT2D eigenvalue weighted by Gasteiger charge is -2.24. The standard InChI is InChI=1S/C11H15N7O4/c1-2-3-16-5-17(7-4-6(19)18(15-21)22-7)9-8(16)10(20)14-11(12)13-9/h6-7,15,19,21H,4-5H2,1H3,(H3,12,13,14,20)/t6-,7+/m0/s1. The van der Waals surface area contributed by atoms with Crippen LogP contribution in [0, 0.1) is 12.0 Å². The number of aliphatic hydroxyl groups is 1. The van der Waals surface area contributed by atoms with Crippen LogP contribution in [0.3, 0.4) is 0 Å². The van der Waals surface area contributed by atoms with Gasteiger partial charge >= 0.3 is 0 Å². The van der Waals surface area contributed by atoms with Crippen molar-refractivity contribution in [3.63, 3.8) is 0 Å². The van der Waals surface area contributed by atoms with Crippen LogP contribution in [-0.2, 0) is 4.84 Å². The number of hydroxylamine groups is 1. The number of nitrogens with one attached hydrogen (secondary N) is 2. The second kappa shape index (κ2) is 5.44. The van der Waals surface area contributed by atoms with Crippen molar-refractivity contribution >= 4 is 17.5 Å². The number of rotatable bonds is 2. The van der Waals surface area contributed by atoms with Gasteiger partial charge in [0.2, 0.25) is 5.95 Å². The van der Waals surface area contributed by atoms with Gasteiger partial charge in [-0.25, -0.2) is 0 Å². The van der Waals surface area contributed by atoms with Gasteiger partial charge in [0, 0.05) is 12.5 Å². The normalized spacial score (nSPS) is 24.3. The lowest BCUT2D eigenvalue weighted by atomic mass is 10.3. The maximum Gasteiger partial charge on any atom is 0.279 e. The molecule has 1 fully saturated rings. The fraction of sp³-hybridized carbons (Fsp3) is 0.455. The van der Waals surface area contributed by atoms with E-state index in [1.807, 2.05) is 0 Å². The minimum Gasteiger partial charge on any atom is -0.374 e. The lowest BCUT2D eigenvalue weighted by molar-refractivity contribution is -0.287. The fourth-order valence-electron chi connectivity index (χ4n) is 2.45. The van der Waals surface area contributed by atoms with Crippen LogP contribution in [0.4, 0.5) is 17.5 Å². The summed E-state index contributed by atoms with van der Waals surface area (Å²) in [5, 5.41) is 19.4. The highest BCUT2D eigenvalue weighted by atomic mass is 16.8. The molecule has 0 aromatic carbocycles. The number of nitrogen functional groups attached to an aromatic ring is 1. The number of hydrogen-bond donors (Lipinski definition) is 5. The Morgan fingerprint density at radius 3 is 3.00 bits per heavy atom. The number of aliphatic hydroxyl groups excluding tert-OH is 1. The molecular formula is C11H15N7O4. The van der Waals surface area contributed by atoms with Crippen LogP contribution in [0.25, 0.3) is 0 Å². The number of fused-ring (bicyclic) bond motifs is 1. The van der Waals surface area contributed by atoms with Gasteiger partial charge in [-0.2, -0.15) is 4.98 Å². The fourth-order valence-corrected chi connectivity index (χ4v) is 2.45. The summed E-state index contributed by atoms with van der Waals surface area (Å²) < 4.78 is 0. The van der Waals surface area contributed by atoms with E-state index in [4.69, 9.17) is 15.8 Å². The molecule has 2 aliphatic heterocycles. The van der Waals surface area contributed by atoms with Gasteiger partial charge in [-0.1, -0.05) is 11.1 Å². The molecule has 1 aromatic heterocycles. The van der Waals surface area contributed by atoms with Crippen LogP contribution in [0.1, 0.15) is 13.3 Å².